The van der Waals surface area contributed by atoms with Crippen LogP contribution in [0.5, 0.6) is 0 Å². The summed E-state index contributed by atoms with van der Waals surface area (Å²) in [6, 6.07) is 34.8. The quantitative estimate of drug-likeness (QED) is 0.257. The summed E-state index contributed by atoms with van der Waals surface area (Å²) >= 11 is 0. The van der Waals surface area contributed by atoms with Crippen LogP contribution in [0.2, 0.25) is 0 Å². The molecule has 4 aromatic carbocycles. The van der Waals surface area contributed by atoms with Crippen LogP contribution < -0.4 is 0 Å². The van der Waals surface area contributed by atoms with Crippen LogP contribution in [0.4, 0.5) is 8.63 Å². The zero-order valence-electron chi connectivity index (χ0n) is 18.2. The van der Waals surface area contributed by atoms with E-state index in [2.05, 4.69) is 0 Å². The maximum Gasteiger partial charge on any atom is 0.678 e. The molecule has 0 N–H and O–H groups in total. The Bertz CT molecular complexity index is 1570. The fourth-order valence-corrected chi connectivity index (χ4v) is 4.74. The highest BCUT2D eigenvalue weighted by Gasteiger charge is 2.29. The minimum absolute atomic E-state index is 0.451. The molecule has 0 radical (unpaired) electrons. The number of rotatable bonds is 4. The van der Waals surface area contributed by atoms with Gasteiger partial charge in [-0.25, -0.2) is 4.99 Å². The second kappa shape index (κ2) is 8.27. The molecular weight excluding hydrogens is 425 g/mol. The predicted octanol–water partition coefficient (Wildman–Crippen LogP) is 7.43. The van der Waals surface area contributed by atoms with Crippen molar-refractivity contribution in [2.75, 3.05) is 0 Å². The molecule has 1 aliphatic rings. The number of halogens is 2. The van der Waals surface area contributed by atoms with Gasteiger partial charge in [-0.05, 0) is 11.6 Å². The zero-order valence-corrected chi connectivity index (χ0v) is 18.2. The van der Waals surface area contributed by atoms with Gasteiger partial charge in [-0.2, -0.15) is 0 Å². The molecule has 5 heteroatoms. The van der Waals surface area contributed by atoms with Crippen molar-refractivity contribution in [2.45, 2.75) is 0 Å². The number of benzene rings is 4. The van der Waals surface area contributed by atoms with Gasteiger partial charge in [0.1, 0.15) is 0 Å². The summed E-state index contributed by atoms with van der Waals surface area (Å²) < 4.78 is 30.4. The third-order valence-electron chi connectivity index (χ3n) is 6.21. The van der Waals surface area contributed by atoms with Crippen LogP contribution in [-0.4, -0.2) is 17.6 Å². The van der Waals surface area contributed by atoms with Gasteiger partial charge in [0.2, 0.25) is 0 Å². The van der Waals surface area contributed by atoms with E-state index in [1.807, 2.05) is 109 Å². The summed E-state index contributed by atoms with van der Waals surface area (Å²) in [6.45, 7) is 0. The van der Waals surface area contributed by atoms with Crippen LogP contribution in [0.3, 0.4) is 0 Å². The first-order valence-electron chi connectivity index (χ1n) is 11.1. The Labute approximate surface area is 196 Å². The maximum atomic E-state index is 14.6. The second-order valence-electron chi connectivity index (χ2n) is 8.19. The molecule has 0 aliphatic carbocycles. The molecule has 2 heterocycles. The average molecular weight is 444 g/mol. The smallest absolute Gasteiger partial charge is 0.324 e. The highest BCUT2D eigenvalue weighted by Crippen LogP contribution is 2.39. The largest absolute Gasteiger partial charge is 0.678 e. The molecular formula is C29H19BF2N2. The summed E-state index contributed by atoms with van der Waals surface area (Å²) in [4.78, 5) is 4.93. The Hall–Kier alpha value is -4.25. The van der Waals surface area contributed by atoms with Crippen molar-refractivity contribution in [1.82, 2.24) is 4.48 Å². The third kappa shape index (κ3) is 3.29. The molecule has 0 saturated heterocycles. The van der Waals surface area contributed by atoms with Crippen molar-refractivity contribution in [1.29, 1.82) is 0 Å². The zero-order chi connectivity index (χ0) is 23.1. The van der Waals surface area contributed by atoms with Gasteiger partial charge in [0.25, 0.3) is 0 Å². The fourth-order valence-electron chi connectivity index (χ4n) is 4.74. The molecule has 0 fully saturated rings. The van der Waals surface area contributed by atoms with Gasteiger partial charge < -0.3 is 4.48 Å². The SMILES string of the molecule is FB(F)n1c(/C=C2/N=C(c3ccccc3)c3ccccc32)c2ccccc2c1-c1ccccc1. The Balaban J connectivity index is 1.63. The monoisotopic (exact) mass is 444 g/mol. The number of hydrogen-bond acceptors (Lipinski definition) is 1. The van der Waals surface area contributed by atoms with E-state index in [1.54, 1.807) is 6.08 Å². The molecule has 1 aliphatic heterocycles. The Kier molecular flexibility index (Phi) is 4.95. The first kappa shape index (κ1) is 20.4. The lowest BCUT2D eigenvalue weighted by Crippen LogP contribution is -2.16. The lowest BCUT2D eigenvalue weighted by molar-refractivity contribution is 0.631. The maximum absolute atomic E-state index is 14.6. The van der Waals surface area contributed by atoms with Crippen molar-refractivity contribution >= 4 is 35.7 Å². The summed E-state index contributed by atoms with van der Waals surface area (Å²) in [6.07, 6.45) is 1.80. The normalized spacial score (nSPS) is 13.8. The van der Waals surface area contributed by atoms with Crippen LogP contribution in [0, 0.1) is 0 Å². The fraction of sp³-hybridized carbons (Fsp3) is 0. The van der Waals surface area contributed by atoms with E-state index in [9.17, 15) is 8.63 Å². The lowest BCUT2D eigenvalue weighted by Gasteiger charge is -2.09. The topological polar surface area (TPSA) is 17.3 Å². The van der Waals surface area contributed by atoms with E-state index in [0.717, 1.165) is 43.2 Å². The van der Waals surface area contributed by atoms with Gasteiger partial charge in [-0.1, -0.05) is 109 Å². The van der Waals surface area contributed by atoms with Crippen molar-refractivity contribution in [2.24, 2.45) is 4.99 Å². The highest BCUT2D eigenvalue weighted by molar-refractivity contribution is 6.43. The summed E-state index contributed by atoms with van der Waals surface area (Å²) in [5.74, 6) is 0. The molecule has 0 bridgehead atoms. The predicted molar refractivity (Wildman–Crippen MR) is 137 cm³/mol. The summed E-state index contributed by atoms with van der Waals surface area (Å²) in [7, 11) is -2.70. The van der Waals surface area contributed by atoms with Gasteiger partial charge in [0.05, 0.1) is 11.4 Å². The molecule has 0 amide bonds. The molecule has 0 saturated carbocycles. The lowest BCUT2D eigenvalue weighted by atomic mass is 9.99. The van der Waals surface area contributed by atoms with Crippen molar-refractivity contribution in [3.63, 3.8) is 0 Å². The van der Waals surface area contributed by atoms with Crippen LogP contribution in [0.15, 0.2) is 114 Å². The number of aromatic nitrogens is 1. The van der Waals surface area contributed by atoms with Gasteiger partial charge in [0.15, 0.2) is 0 Å². The second-order valence-corrected chi connectivity index (χ2v) is 8.19. The number of aliphatic imine (C=N–C) groups is 1. The number of hydrogen-bond donors (Lipinski definition) is 0. The molecule has 5 aromatic rings. The molecule has 1 aromatic heterocycles. The Morgan fingerprint density at radius 3 is 1.85 bits per heavy atom. The third-order valence-corrected chi connectivity index (χ3v) is 6.21. The molecule has 6 rings (SSSR count). The standard InChI is InChI=1S/C29H19BF2N2/c31-30(32)34-27(23-16-8-10-18-25(23)29(34)21-13-5-2-6-14-21)19-26-22-15-7-9-17-24(22)28(33-26)20-11-3-1-4-12-20/h1-19H/b26-19+. The number of nitrogens with zero attached hydrogens (tertiary/aromatic N) is 2. The average Bonchev–Trinajstić information content (AvgIpc) is 3.42. The minimum atomic E-state index is -2.70. The molecule has 34 heavy (non-hydrogen) atoms. The van der Waals surface area contributed by atoms with E-state index in [4.69, 9.17) is 4.99 Å². The minimum Gasteiger partial charge on any atom is -0.324 e. The van der Waals surface area contributed by atoms with E-state index >= 15 is 0 Å². The van der Waals surface area contributed by atoms with Gasteiger partial charge in [0, 0.05) is 38.9 Å². The van der Waals surface area contributed by atoms with Crippen LogP contribution in [-0.2, 0) is 0 Å². The van der Waals surface area contributed by atoms with Crippen molar-refractivity contribution in [3.8, 4) is 11.3 Å². The molecule has 162 valence electrons. The van der Waals surface area contributed by atoms with E-state index < -0.39 is 7.40 Å². The Morgan fingerprint density at radius 2 is 1.18 bits per heavy atom. The van der Waals surface area contributed by atoms with Gasteiger partial charge in [-0.15, -0.1) is 0 Å². The molecule has 0 unspecified atom stereocenters. The first-order valence-corrected chi connectivity index (χ1v) is 11.1. The van der Waals surface area contributed by atoms with Crippen LogP contribution >= 0.6 is 0 Å². The van der Waals surface area contributed by atoms with E-state index in [1.165, 1.54) is 0 Å². The van der Waals surface area contributed by atoms with Crippen LogP contribution in [0.1, 0.15) is 22.4 Å². The van der Waals surface area contributed by atoms with E-state index in [0.29, 0.717) is 17.1 Å². The molecule has 0 spiro atoms. The van der Waals surface area contributed by atoms with Crippen LogP contribution in [0.25, 0.3) is 33.8 Å². The Morgan fingerprint density at radius 1 is 0.618 bits per heavy atom. The number of fused-ring (bicyclic) bond motifs is 2. The van der Waals surface area contributed by atoms with Gasteiger partial charge in [-0.3, -0.25) is 8.63 Å². The highest BCUT2D eigenvalue weighted by atomic mass is 19.2. The van der Waals surface area contributed by atoms with E-state index in [-0.39, 0.29) is 0 Å². The van der Waals surface area contributed by atoms with Gasteiger partial charge >= 0.3 is 7.40 Å². The molecule has 2 nitrogen and oxygen atoms in total. The first-order chi connectivity index (χ1) is 16.7. The summed E-state index contributed by atoms with van der Waals surface area (Å²) in [5.41, 5.74) is 6.19. The van der Waals surface area contributed by atoms with Crippen molar-refractivity contribution < 1.29 is 8.63 Å². The van der Waals surface area contributed by atoms with Crippen molar-refractivity contribution in [3.05, 3.63) is 132 Å². The summed E-state index contributed by atoms with van der Waals surface area (Å²) in [5, 5.41) is 1.56. The molecule has 0 atom stereocenters.